The van der Waals surface area contributed by atoms with Crippen LogP contribution < -0.4 is 10.6 Å². The van der Waals surface area contributed by atoms with Crippen molar-refractivity contribution in [3.8, 4) is 0 Å². The molecule has 0 radical (unpaired) electrons. The van der Waals surface area contributed by atoms with Gasteiger partial charge in [0.1, 0.15) is 0 Å². The number of thiazole rings is 1. The SMILES string of the molecule is Cc1nc(CCCC(=O)NC2CCNCC2)cs1.Cl.Cl. The lowest BCUT2D eigenvalue weighted by molar-refractivity contribution is -0.122. The van der Waals surface area contributed by atoms with E-state index < -0.39 is 0 Å². The third-order valence-corrected chi connectivity index (χ3v) is 4.03. The Morgan fingerprint density at radius 2 is 2.15 bits per heavy atom. The molecule has 0 atom stereocenters. The molecular weight excluding hydrogens is 317 g/mol. The predicted molar refractivity (Wildman–Crippen MR) is 88.3 cm³/mol. The van der Waals surface area contributed by atoms with Crippen molar-refractivity contribution in [2.24, 2.45) is 0 Å². The Morgan fingerprint density at radius 1 is 1.45 bits per heavy atom. The van der Waals surface area contributed by atoms with Gasteiger partial charge in [0.15, 0.2) is 0 Å². The van der Waals surface area contributed by atoms with Crippen LogP contribution >= 0.6 is 36.2 Å². The first-order valence-electron chi connectivity index (χ1n) is 6.65. The highest BCUT2D eigenvalue weighted by Crippen LogP contribution is 2.11. The van der Waals surface area contributed by atoms with Crippen LogP contribution in [-0.4, -0.2) is 30.0 Å². The molecule has 1 amide bonds. The predicted octanol–water partition coefficient (Wildman–Crippen LogP) is 2.49. The van der Waals surface area contributed by atoms with E-state index in [9.17, 15) is 4.79 Å². The topological polar surface area (TPSA) is 54.0 Å². The lowest BCUT2D eigenvalue weighted by atomic mass is 10.1. The number of amides is 1. The molecule has 1 fully saturated rings. The summed E-state index contributed by atoms with van der Waals surface area (Å²) in [6, 6.07) is 0.375. The summed E-state index contributed by atoms with van der Waals surface area (Å²) in [7, 11) is 0. The number of hydrogen-bond acceptors (Lipinski definition) is 4. The van der Waals surface area contributed by atoms with Crippen LogP contribution in [0.3, 0.4) is 0 Å². The van der Waals surface area contributed by atoms with Gasteiger partial charge in [-0.25, -0.2) is 4.98 Å². The first kappa shape index (κ1) is 19.6. The smallest absolute Gasteiger partial charge is 0.220 e. The third kappa shape index (κ3) is 6.88. The van der Waals surface area contributed by atoms with Crippen LogP contribution in [0.25, 0.3) is 0 Å². The number of nitrogens with one attached hydrogen (secondary N) is 2. The minimum Gasteiger partial charge on any atom is -0.353 e. The largest absolute Gasteiger partial charge is 0.353 e. The van der Waals surface area contributed by atoms with E-state index >= 15 is 0 Å². The number of aryl methyl sites for hydroxylation is 2. The highest BCUT2D eigenvalue weighted by molar-refractivity contribution is 7.09. The summed E-state index contributed by atoms with van der Waals surface area (Å²) in [6.45, 7) is 4.05. The second-order valence-electron chi connectivity index (χ2n) is 4.80. The van der Waals surface area contributed by atoms with Gasteiger partial charge >= 0.3 is 0 Å². The quantitative estimate of drug-likeness (QED) is 0.866. The standard InChI is InChI=1S/C13H21N3OS.2ClH/c1-10-15-12(9-18-10)3-2-4-13(17)16-11-5-7-14-8-6-11;;/h9,11,14H,2-8H2,1H3,(H,16,17);2*1H. The van der Waals surface area contributed by atoms with Crippen LogP contribution in [0.2, 0.25) is 0 Å². The number of aromatic nitrogens is 1. The van der Waals surface area contributed by atoms with Gasteiger partial charge in [-0.05, 0) is 45.7 Å². The van der Waals surface area contributed by atoms with E-state index in [0.717, 1.165) is 49.5 Å². The minimum atomic E-state index is 0. The Morgan fingerprint density at radius 3 is 2.75 bits per heavy atom. The van der Waals surface area contributed by atoms with Crippen molar-refractivity contribution in [2.45, 2.75) is 45.1 Å². The third-order valence-electron chi connectivity index (χ3n) is 3.21. The van der Waals surface area contributed by atoms with Crippen molar-refractivity contribution in [2.75, 3.05) is 13.1 Å². The molecule has 2 heterocycles. The van der Waals surface area contributed by atoms with Gasteiger partial charge in [-0.1, -0.05) is 0 Å². The van der Waals surface area contributed by atoms with Gasteiger partial charge < -0.3 is 10.6 Å². The average molecular weight is 340 g/mol. The van der Waals surface area contributed by atoms with Crippen molar-refractivity contribution < 1.29 is 4.79 Å². The van der Waals surface area contributed by atoms with Crippen LogP contribution in [0, 0.1) is 6.92 Å². The molecule has 2 N–H and O–H groups in total. The number of hydrogen-bond donors (Lipinski definition) is 2. The molecule has 1 aliphatic rings. The Labute approximate surface area is 137 Å². The zero-order chi connectivity index (χ0) is 12.8. The van der Waals surface area contributed by atoms with Gasteiger partial charge in [-0.2, -0.15) is 0 Å². The van der Waals surface area contributed by atoms with Crippen molar-refractivity contribution in [1.29, 1.82) is 0 Å². The molecule has 116 valence electrons. The molecule has 20 heavy (non-hydrogen) atoms. The molecule has 7 heteroatoms. The number of carbonyl (C=O) groups is 1. The summed E-state index contributed by atoms with van der Waals surface area (Å²) in [4.78, 5) is 16.2. The second-order valence-corrected chi connectivity index (χ2v) is 5.87. The fourth-order valence-corrected chi connectivity index (χ4v) is 2.87. The molecule has 0 saturated carbocycles. The summed E-state index contributed by atoms with van der Waals surface area (Å²) >= 11 is 1.67. The normalized spacial score (nSPS) is 15.1. The van der Waals surface area contributed by atoms with Crippen LogP contribution in [0.15, 0.2) is 5.38 Å². The summed E-state index contributed by atoms with van der Waals surface area (Å²) in [5.41, 5.74) is 1.12. The molecule has 1 aromatic heterocycles. The van der Waals surface area contributed by atoms with E-state index in [2.05, 4.69) is 21.0 Å². The Bertz CT molecular complexity index is 395. The summed E-state index contributed by atoms with van der Waals surface area (Å²) in [5, 5.41) is 9.59. The molecule has 0 aromatic carbocycles. The number of carbonyl (C=O) groups excluding carboxylic acids is 1. The van der Waals surface area contributed by atoms with Crippen LogP contribution in [0.4, 0.5) is 0 Å². The number of piperidine rings is 1. The number of rotatable bonds is 5. The molecule has 1 aliphatic heterocycles. The lowest BCUT2D eigenvalue weighted by Crippen LogP contribution is -2.42. The Balaban J connectivity index is 0.00000180. The zero-order valence-electron chi connectivity index (χ0n) is 11.7. The first-order chi connectivity index (χ1) is 8.74. The van der Waals surface area contributed by atoms with E-state index in [1.807, 2.05) is 6.92 Å². The van der Waals surface area contributed by atoms with Crippen LogP contribution in [-0.2, 0) is 11.2 Å². The van der Waals surface area contributed by atoms with Gasteiger partial charge in [-0.15, -0.1) is 36.2 Å². The highest BCUT2D eigenvalue weighted by atomic mass is 35.5. The van der Waals surface area contributed by atoms with Crippen molar-refractivity contribution in [1.82, 2.24) is 15.6 Å². The summed E-state index contributed by atoms with van der Waals surface area (Å²) in [6.07, 6.45) is 4.51. The van der Waals surface area contributed by atoms with Crippen molar-refractivity contribution >= 4 is 42.1 Å². The highest BCUT2D eigenvalue weighted by Gasteiger charge is 2.14. The van der Waals surface area contributed by atoms with E-state index in [4.69, 9.17) is 0 Å². The Kier molecular flexibility index (Phi) is 10.2. The number of nitrogens with zero attached hydrogens (tertiary/aromatic N) is 1. The van der Waals surface area contributed by atoms with Gasteiger partial charge in [-0.3, -0.25) is 4.79 Å². The van der Waals surface area contributed by atoms with E-state index in [1.165, 1.54) is 0 Å². The monoisotopic (exact) mass is 339 g/mol. The summed E-state index contributed by atoms with van der Waals surface area (Å²) in [5.74, 6) is 0.189. The molecule has 2 rings (SSSR count). The lowest BCUT2D eigenvalue weighted by Gasteiger charge is -2.23. The Hall–Kier alpha value is -0.360. The maximum Gasteiger partial charge on any atom is 0.220 e. The van der Waals surface area contributed by atoms with E-state index in [1.54, 1.807) is 11.3 Å². The maximum atomic E-state index is 11.8. The summed E-state index contributed by atoms with van der Waals surface area (Å²) < 4.78 is 0. The molecule has 0 unspecified atom stereocenters. The van der Waals surface area contributed by atoms with Crippen LogP contribution in [0.1, 0.15) is 36.4 Å². The fourth-order valence-electron chi connectivity index (χ4n) is 2.22. The maximum absolute atomic E-state index is 11.8. The molecule has 4 nitrogen and oxygen atoms in total. The molecule has 0 aliphatic carbocycles. The van der Waals surface area contributed by atoms with Gasteiger partial charge in [0.2, 0.25) is 5.91 Å². The van der Waals surface area contributed by atoms with Crippen LogP contribution in [0.5, 0.6) is 0 Å². The minimum absolute atomic E-state index is 0. The van der Waals surface area contributed by atoms with E-state index in [-0.39, 0.29) is 30.7 Å². The van der Waals surface area contributed by atoms with Gasteiger partial charge in [0, 0.05) is 17.8 Å². The van der Waals surface area contributed by atoms with Crippen molar-refractivity contribution in [3.05, 3.63) is 16.1 Å². The van der Waals surface area contributed by atoms with Gasteiger partial charge in [0.05, 0.1) is 10.7 Å². The molecular formula is C13H23Cl2N3OS. The molecule has 0 bridgehead atoms. The molecule has 0 spiro atoms. The fraction of sp³-hybridized carbons (Fsp3) is 0.692. The number of halogens is 2. The second kappa shape index (κ2) is 10.4. The zero-order valence-corrected chi connectivity index (χ0v) is 14.1. The van der Waals surface area contributed by atoms with Gasteiger partial charge in [0.25, 0.3) is 0 Å². The average Bonchev–Trinajstić information content (AvgIpc) is 2.76. The molecule has 1 saturated heterocycles. The van der Waals surface area contributed by atoms with E-state index in [0.29, 0.717) is 12.5 Å². The molecule has 1 aromatic rings. The van der Waals surface area contributed by atoms with Crippen molar-refractivity contribution in [3.63, 3.8) is 0 Å². The first-order valence-corrected chi connectivity index (χ1v) is 7.53.